The van der Waals surface area contributed by atoms with E-state index in [0.717, 1.165) is 35.1 Å². The van der Waals surface area contributed by atoms with Gasteiger partial charge in [0.25, 0.3) is 0 Å². The highest BCUT2D eigenvalue weighted by Crippen LogP contribution is 2.24. The van der Waals surface area contributed by atoms with E-state index in [1.807, 2.05) is 36.1 Å². The van der Waals surface area contributed by atoms with Gasteiger partial charge in [-0.05, 0) is 43.2 Å². The van der Waals surface area contributed by atoms with Gasteiger partial charge in [-0.3, -0.25) is 9.79 Å². The number of Topliss-reactive ketones (excluding diaryl/α,β-unsaturated/α-hetero) is 1. The SMILES string of the molecule is Cc1ccccc1C(=O)CN(C1=NCCCS1)c1ccc(F)cc1. The Morgan fingerprint density at radius 3 is 2.62 bits per heavy atom. The lowest BCUT2D eigenvalue weighted by atomic mass is 10.0. The molecule has 0 atom stereocenters. The summed E-state index contributed by atoms with van der Waals surface area (Å²) in [6.45, 7) is 2.89. The number of hydrogen-bond donors (Lipinski definition) is 0. The first-order valence-electron chi connectivity index (χ1n) is 7.94. The maximum absolute atomic E-state index is 13.3. The number of benzene rings is 2. The third kappa shape index (κ3) is 3.85. The van der Waals surface area contributed by atoms with Gasteiger partial charge in [0.15, 0.2) is 11.0 Å². The summed E-state index contributed by atoms with van der Waals surface area (Å²) in [6.07, 6.45) is 1.04. The Labute approximate surface area is 145 Å². The molecule has 0 aliphatic carbocycles. The van der Waals surface area contributed by atoms with Gasteiger partial charge >= 0.3 is 0 Å². The number of aryl methyl sites for hydroxylation is 1. The van der Waals surface area contributed by atoms with Gasteiger partial charge in [0, 0.05) is 23.5 Å². The minimum absolute atomic E-state index is 0.0336. The Kier molecular flexibility index (Phi) is 5.30. The predicted octanol–water partition coefficient (Wildman–Crippen LogP) is 4.32. The summed E-state index contributed by atoms with van der Waals surface area (Å²) in [5.74, 6) is 0.725. The van der Waals surface area contributed by atoms with Gasteiger partial charge in [-0.1, -0.05) is 36.0 Å². The van der Waals surface area contributed by atoms with Gasteiger partial charge in [-0.2, -0.15) is 0 Å². The lowest BCUT2D eigenvalue weighted by molar-refractivity contribution is 0.100. The number of halogens is 1. The van der Waals surface area contributed by atoms with Crippen LogP contribution < -0.4 is 4.90 Å². The normalized spacial score (nSPS) is 14.2. The van der Waals surface area contributed by atoms with Crippen LogP contribution in [0.1, 0.15) is 22.3 Å². The van der Waals surface area contributed by atoms with E-state index < -0.39 is 0 Å². The average molecular weight is 342 g/mol. The molecule has 1 aliphatic heterocycles. The quantitative estimate of drug-likeness (QED) is 0.776. The lowest BCUT2D eigenvalue weighted by Gasteiger charge is -2.27. The summed E-state index contributed by atoms with van der Waals surface area (Å²) in [7, 11) is 0. The first-order chi connectivity index (χ1) is 11.6. The molecule has 0 N–H and O–H groups in total. The fourth-order valence-electron chi connectivity index (χ4n) is 2.62. The van der Waals surface area contributed by atoms with E-state index in [-0.39, 0.29) is 18.1 Å². The molecule has 124 valence electrons. The van der Waals surface area contributed by atoms with Crippen molar-refractivity contribution in [1.29, 1.82) is 0 Å². The molecule has 0 aromatic heterocycles. The molecule has 2 aromatic rings. The monoisotopic (exact) mass is 342 g/mol. The first kappa shape index (κ1) is 16.7. The molecule has 1 heterocycles. The van der Waals surface area contributed by atoms with Crippen molar-refractivity contribution in [3.8, 4) is 0 Å². The highest BCUT2D eigenvalue weighted by atomic mass is 32.2. The third-order valence-corrected chi connectivity index (χ3v) is 5.00. The Hall–Kier alpha value is -2.14. The molecule has 1 aliphatic rings. The highest BCUT2D eigenvalue weighted by molar-refractivity contribution is 8.14. The molecule has 3 nitrogen and oxygen atoms in total. The van der Waals surface area contributed by atoms with Crippen LogP contribution in [0.3, 0.4) is 0 Å². The van der Waals surface area contributed by atoms with Gasteiger partial charge in [0.2, 0.25) is 0 Å². The molecule has 0 bridgehead atoms. The molecule has 5 heteroatoms. The second kappa shape index (κ2) is 7.62. The van der Waals surface area contributed by atoms with Gasteiger partial charge in [-0.25, -0.2) is 4.39 Å². The van der Waals surface area contributed by atoms with E-state index in [1.54, 1.807) is 23.9 Å². The highest BCUT2D eigenvalue weighted by Gasteiger charge is 2.21. The number of hydrogen-bond acceptors (Lipinski definition) is 4. The molecule has 0 radical (unpaired) electrons. The first-order valence-corrected chi connectivity index (χ1v) is 8.93. The third-order valence-electron chi connectivity index (χ3n) is 3.90. The number of anilines is 1. The Morgan fingerprint density at radius 2 is 1.96 bits per heavy atom. The molecule has 0 unspecified atom stereocenters. The second-order valence-corrected chi connectivity index (χ2v) is 6.73. The lowest BCUT2D eigenvalue weighted by Crippen LogP contribution is -2.35. The van der Waals surface area contributed by atoms with Crippen molar-refractivity contribution in [2.24, 2.45) is 4.99 Å². The van der Waals surface area contributed by atoms with E-state index in [9.17, 15) is 9.18 Å². The average Bonchev–Trinajstić information content (AvgIpc) is 2.61. The summed E-state index contributed by atoms with van der Waals surface area (Å²) in [5, 5.41) is 0.829. The zero-order valence-corrected chi connectivity index (χ0v) is 14.4. The molecule has 0 spiro atoms. The van der Waals surface area contributed by atoms with Gasteiger partial charge < -0.3 is 4.90 Å². The summed E-state index contributed by atoms with van der Waals surface area (Å²) in [6, 6.07) is 13.8. The molecule has 24 heavy (non-hydrogen) atoms. The molecule has 0 fully saturated rings. The van der Waals surface area contributed by atoms with Gasteiger partial charge in [0.1, 0.15) is 5.82 Å². The van der Waals surface area contributed by atoms with Crippen LogP contribution in [-0.4, -0.2) is 29.8 Å². The minimum atomic E-state index is -0.290. The van der Waals surface area contributed by atoms with Crippen LogP contribution in [0.2, 0.25) is 0 Å². The van der Waals surface area contributed by atoms with Crippen molar-refractivity contribution >= 4 is 28.4 Å². The fourth-order valence-corrected chi connectivity index (χ4v) is 3.58. The number of aliphatic imine (C=N–C) groups is 1. The predicted molar refractivity (Wildman–Crippen MR) is 98.6 cm³/mol. The van der Waals surface area contributed by atoms with Crippen LogP contribution in [0, 0.1) is 12.7 Å². The van der Waals surface area contributed by atoms with Crippen molar-refractivity contribution in [3.05, 3.63) is 65.5 Å². The van der Waals surface area contributed by atoms with Crippen molar-refractivity contribution in [2.75, 3.05) is 23.7 Å². The standard InChI is InChI=1S/C19H19FN2OS/c1-14-5-2-3-6-17(14)18(23)13-22(19-21-11-4-12-24-19)16-9-7-15(20)8-10-16/h2-3,5-10H,4,11-13H2,1H3. The topological polar surface area (TPSA) is 32.7 Å². The van der Waals surface area contributed by atoms with Crippen LogP contribution in [0.5, 0.6) is 0 Å². The number of amidine groups is 1. The van der Waals surface area contributed by atoms with Crippen LogP contribution in [-0.2, 0) is 0 Å². The summed E-state index contributed by atoms with van der Waals surface area (Å²) in [4.78, 5) is 19.2. The number of ketones is 1. The molecule has 0 amide bonds. The van der Waals surface area contributed by atoms with E-state index in [0.29, 0.717) is 5.56 Å². The van der Waals surface area contributed by atoms with Gasteiger partial charge in [0.05, 0.1) is 6.54 Å². The molecule has 3 rings (SSSR count). The minimum Gasteiger partial charge on any atom is -0.313 e. The van der Waals surface area contributed by atoms with E-state index in [4.69, 9.17) is 0 Å². The Balaban J connectivity index is 1.90. The van der Waals surface area contributed by atoms with Crippen LogP contribution in [0.15, 0.2) is 53.5 Å². The molecular weight excluding hydrogens is 323 g/mol. The number of carbonyl (C=O) groups is 1. The van der Waals surface area contributed by atoms with E-state index >= 15 is 0 Å². The number of carbonyl (C=O) groups excluding carboxylic acids is 1. The molecule has 0 saturated heterocycles. The summed E-state index contributed by atoms with van der Waals surface area (Å²) >= 11 is 1.64. The van der Waals surface area contributed by atoms with Crippen molar-refractivity contribution in [2.45, 2.75) is 13.3 Å². The largest absolute Gasteiger partial charge is 0.313 e. The number of thioether (sulfide) groups is 1. The smallest absolute Gasteiger partial charge is 0.182 e. The van der Waals surface area contributed by atoms with Crippen molar-refractivity contribution < 1.29 is 9.18 Å². The van der Waals surface area contributed by atoms with Crippen molar-refractivity contribution in [1.82, 2.24) is 0 Å². The number of rotatable bonds is 4. The maximum Gasteiger partial charge on any atom is 0.182 e. The van der Waals surface area contributed by atoms with Crippen LogP contribution >= 0.6 is 11.8 Å². The Bertz CT molecular complexity index is 758. The summed E-state index contributed by atoms with van der Waals surface area (Å²) in [5.41, 5.74) is 2.46. The Morgan fingerprint density at radius 1 is 1.21 bits per heavy atom. The van der Waals surface area contributed by atoms with Crippen molar-refractivity contribution in [3.63, 3.8) is 0 Å². The zero-order chi connectivity index (χ0) is 16.9. The molecule has 0 saturated carbocycles. The van der Waals surface area contributed by atoms with E-state index in [1.165, 1.54) is 12.1 Å². The summed E-state index contributed by atoms with van der Waals surface area (Å²) < 4.78 is 13.3. The second-order valence-electron chi connectivity index (χ2n) is 5.67. The molecular formula is C19H19FN2OS. The fraction of sp³-hybridized carbons (Fsp3) is 0.263. The molecule has 2 aromatic carbocycles. The van der Waals surface area contributed by atoms with Gasteiger partial charge in [-0.15, -0.1) is 0 Å². The maximum atomic E-state index is 13.3. The van der Waals surface area contributed by atoms with E-state index in [2.05, 4.69) is 4.99 Å². The van der Waals surface area contributed by atoms with Crippen LogP contribution in [0.4, 0.5) is 10.1 Å². The van der Waals surface area contributed by atoms with Crippen LogP contribution in [0.25, 0.3) is 0 Å². The number of nitrogens with zero attached hydrogens (tertiary/aromatic N) is 2. The zero-order valence-electron chi connectivity index (χ0n) is 13.5.